The summed E-state index contributed by atoms with van der Waals surface area (Å²) < 4.78 is 131. The number of ether oxygens (including phenoxy) is 4. The van der Waals surface area contributed by atoms with Crippen LogP contribution in [0.2, 0.25) is 0 Å². The molecule has 0 bridgehead atoms. The van der Waals surface area contributed by atoms with E-state index in [1.54, 1.807) is 131 Å². The number of sulfone groups is 1. The third kappa shape index (κ3) is 32.2. The van der Waals surface area contributed by atoms with Gasteiger partial charge in [-0.15, -0.1) is 39.4 Å². The Morgan fingerprint density at radius 1 is 0.639 bits per heavy atom. The first-order chi connectivity index (χ1) is 33.4. The number of rotatable bonds is 15. The normalized spacial score (nSPS) is 10.4. The highest BCUT2D eigenvalue weighted by molar-refractivity contribution is 8.77. The predicted molar refractivity (Wildman–Crippen MR) is 328 cm³/mol. The quantitative estimate of drug-likeness (QED) is 0.0623. The molecule has 412 valence electrons. The molecule has 5 N–H and O–H groups in total. The van der Waals surface area contributed by atoms with Crippen LogP contribution >= 0.6 is 35.1 Å². The fraction of sp³-hybridized carbons (Fsp3) is 0.400. The SMILES string of the molecule is COc1cc2cc(C(F)(F)CCC(=O)NOS(=O)(=O)O)sc2cc1OC.COc1cc2cc(C(F)(F)CCC(=O)O)sc2cc1OC.CS(=O)(=O)CN.Cl.S=S.S=S=S=S=S=S=S=S=S=S=S=S=S=S=S=S. The Labute approximate surface area is 485 Å². The van der Waals surface area contributed by atoms with Crippen LogP contribution in [0.5, 0.6) is 23.0 Å². The van der Waals surface area contributed by atoms with E-state index in [-0.39, 0.29) is 28.0 Å². The second-order valence-corrected chi connectivity index (χ2v) is 41.7. The smallest absolute Gasteiger partial charge is 0.418 e. The van der Waals surface area contributed by atoms with E-state index in [2.05, 4.69) is 26.7 Å². The number of hydroxylamine groups is 1. The molecule has 0 radical (unpaired) electrons. The minimum absolute atomic E-state index is 0. The number of nitrogens with one attached hydrogen (secondary N) is 1. The van der Waals surface area contributed by atoms with Crippen molar-refractivity contribution in [3.8, 4) is 23.0 Å². The second kappa shape index (κ2) is 40.4. The molecule has 0 aliphatic heterocycles. The molecule has 0 spiro atoms. The Bertz CT molecular complexity index is 3180. The van der Waals surface area contributed by atoms with Crippen molar-refractivity contribution >= 4 is 256 Å². The van der Waals surface area contributed by atoms with Gasteiger partial charge in [-0.25, -0.2) is 31.5 Å². The molecule has 72 heavy (non-hydrogen) atoms. The van der Waals surface area contributed by atoms with E-state index in [0.29, 0.717) is 43.2 Å². The Hall–Kier alpha value is 0.250. The number of aliphatic carboxylic acids is 1. The summed E-state index contributed by atoms with van der Waals surface area (Å²) in [7, 11) is 21.6. The maximum Gasteiger partial charge on any atom is 0.418 e. The molecular formula is C30H37ClF4N2O13S22. The second-order valence-electron chi connectivity index (χ2n) is 11.6. The molecule has 2 aromatic heterocycles. The maximum absolute atomic E-state index is 14.4. The first-order valence-corrected chi connectivity index (χ1v) is 43.7. The monoisotopic (exact) mass is 1450 g/mol. The van der Waals surface area contributed by atoms with Gasteiger partial charge in [0.1, 0.15) is 0 Å². The first kappa shape index (κ1) is 74.3. The molecule has 4 aromatic rings. The molecule has 2 aromatic carbocycles. The van der Waals surface area contributed by atoms with Crippen molar-refractivity contribution in [3.05, 3.63) is 46.2 Å². The van der Waals surface area contributed by atoms with Crippen molar-refractivity contribution in [3.63, 3.8) is 0 Å². The van der Waals surface area contributed by atoms with Crippen LogP contribution < -0.4 is 30.2 Å². The van der Waals surface area contributed by atoms with Crippen LogP contribution in [0.4, 0.5) is 17.6 Å². The third-order valence-corrected chi connectivity index (χ3v) is 39.2. The van der Waals surface area contributed by atoms with Gasteiger partial charge in [0.2, 0.25) is 5.91 Å². The van der Waals surface area contributed by atoms with Gasteiger partial charge in [0.25, 0.3) is 11.8 Å². The van der Waals surface area contributed by atoms with E-state index in [1.165, 1.54) is 63.8 Å². The van der Waals surface area contributed by atoms with E-state index in [0.717, 1.165) is 28.9 Å². The van der Waals surface area contributed by atoms with Gasteiger partial charge in [0.15, 0.2) is 32.8 Å². The first-order valence-electron chi connectivity index (χ1n) is 17.3. The summed E-state index contributed by atoms with van der Waals surface area (Å²) >= 11 is 18.6. The minimum Gasteiger partial charge on any atom is -0.493 e. The van der Waals surface area contributed by atoms with Gasteiger partial charge in [-0.05, 0) is 35.0 Å². The largest absolute Gasteiger partial charge is 0.493 e. The van der Waals surface area contributed by atoms with Gasteiger partial charge in [-0.3, -0.25) is 14.1 Å². The molecule has 0 fully saturated rings. The van der Waals surface area contributed by atoms with Crippen LogP contribution in [0.3, 0.4) is 0 Å². The molecule has 0 aliphatic rings. The molecule has 0 saturated heterocycles. The van der Waals surface area contributed by atoms with Crippen molar-refractivity contribution in [1.82, 2.24) is 5.48 Å². The summed E-state index contributed by atoms with van der Waals surface area (Å²) in [5, 5.41) is 9.68. The van der Waals surface area contributed by atoms with E-state index in [4.69, 9.17) is 56.7 Å². The number of nitrogens with two attached hydrogens (primary N) is 1. The highest BCUT2D eigenvalue weighted by Gasteiger charge is 2.35. The number of fused-ring (bicyclic) bond motifs is 2. The van der Waals surface area contributed by atoms with Gasteiger partial charge in [0.05, 0.1) is 50.5 Å². The summed E-state index contributed by atoms with van der Waals surface area (Å²) in [6.07, 6.45) is -1.80. The molecule has 1 amide bonds. The lowest BCUT2D eigenvalue weighted by atomic mass is 10.1. The van der Waals surface area contributed by atoms with Crippen LogP contribution in [-0.2, 0) is 215 Å². The lowest BCUT2D eigenvalue weighted by Gasteiger charge is -2.13. The van der Waals surface area contributed by atoms with Gasteiger partial charge in [-0.1, -0.05) is 0 Å². The lowest BCUT2D eigenvalue weighted by Crippen LogP contribution is -2.28. The van der Waals surface area contributed by atoms with Crippen molar-refractivity contribution in [2.24, 2.45) is 5.73 Å². The fourth-order valence-electron chi connectivity index (χ4n) is 4.16. The Morgan fingerprint density at radius 2 is 0.944 bits per heavy atom. The fourth-order valence-corrected chi connectivity index (χ4v) is 39.4. The molecule has 0 atom stereocenters. The van der Waals surface area contributed by atoms with Crippen LogP contribution in [0.15, 0.2) is 36.4 Å². The molecular weight excluding hydrogens is 1410 g/mol. The molecule has 2 heterocycles. The average molecular weight is 1450 g/mol. The number of alkyl halides is 4. The zero-order valence-electron chi connectivity index (χ0n) is 36.4. The number of hydrogen-bond donors (Lipinski definition) is 4. The highest BCUT2D eigenvalue weighted by atomic mass is 35.5. The van der Waals surface area contributed by atoms with E-state index >= 15 is 0 Å². The van der Waals surface area contributed by atoms with E-state index in [9.17, 15) is 44.0 Å². The van der Waals surface area contributed by atoms with Gasteiger partial charge >= 0.3 is 16.4 Å². The lowest BCUT2D eigenvalue weighted by molar-refractivity contribution is -0.139. The standard InChI is InChI=1S/C14H15F2NO7S2.C14H14F2O4S.C2H7NO2S.ClH.S16.S2/c1-22-9-5-8-6-12(25-11(8)7-10(9)23-2)14(15,16)4-3-13(18)17-24-26(19,20)21;1-19-9-5-8-6-12(14(15,16)4-3-13(17)18)21-11(8)7-10(9)20-2;1-6(4,5)2-3;;1-3-5-7-9-11-13-15-16-14-12-10-8-6-4-2;1-2/h5-7H,3-4H2,1-2H3,(H,17,18)(H,19,20,21);5-7H,3-4H2,1-2H3,(H,17,18);2-3H2,1H3;1H;;. The molecule has 0 unspecified atom stereocenters. The van der Waals surface area contributed by atoms with Gasteiger partial charge < -0.3 is 29.8 Å². The van der Waals surface area contributed by atoms with Crippen molar-refractivity contribution in [2.45, 2.75) is 37.5 Å². The summed E-state index contributed by atoms with van der Waals surface area (Å²) in [4.78, 5) is 21.4. The molecule has 0 saturated carbocycles. The number of carbonyl (C=O) groups excluding carboxylic acids is 1. The number of carboxylic acids is 1. The Balaban J connectivity index is 0. The van der Waals surface area contributed by atoms with Crippen LogP contribution in [0, 0.1) is 0 Å². The number of carbonyl (C=O) groups is 2. The minimum atomic E-state index is -4.90. The van der Waals surface area contributed by atoms with Gasteiger partial charge in [-0.2, -0.15) is 8.42 Å². The topological polar surface area (TPSA) is 227 Å². The number of amides is 1. The summed E-state index contributed by atoms with van der Waals surface area (Å²) in [5.41, 5.74) is 6.08. The molecule has 15 nitrogen and oxygen atoms in total. The van der Waals surface area contributed by atoms with Crippen LogP contribution in [0.1, 0.15) is 35.4 Å². The number of carboxylic acid groups (broad SMARTS) is 1. The molecule has 4 rings (SSSR count). The average Bonchev–Trinajstić information content (AvgIpc) is 3.97. The summed E-state index contributed by atoms with van der Waals surface area (Å²) in [5.74, 6) is -7.39. The number of benzene rings is 2. The number of thiophene rings is 2. The highest BCUT2D eigenvalue weighted by Crippen LogP contribution is 2.44. The van der Waals surface area contributed by atoms with Crippen LogP contribution in [-0.4, -0.2) is 78.9 Å². The predicted octanol–water partition coefficient (Wildman–Crippen LogP) is 5.84. The number of methoxy groups -OCH3 is 4. The van der Waals surface area contributed by atoms with Crippen molar-refractivity contribution in [2.75, 3.05) is 40.6 Å². The van der Waals surface area contributed by atoms with Gasteiger partial charge in [0, 0.05) is 216 Å². The summed E-state index contributed by atoms with van der Waals surface area (Å²) in [6.45, 7) is 0. The zero-order valence-corrected chi connectivity index (χ0v) is 55.1. The zero-order chi connectivity index (χ0) is 54.3. The Morgan fingerprint density at radius 3 is 1.22 bits per heavy atom. The number of halogens is 5. The van der Waals surface area contributed by atoms with Crippen molar-refractivity contribution in [1.29, 1.82) is 0 Å². The summed E-state index contributed by atoms with van der Waals surface area (Å²) in [6, 6.07) is 9.05. The maximum atomic E-state index is 14.4. The number of hydrogen-bond acceptors (Lipinski definition) is 18. The molecule has 0 aliphatic carbocycles. The van der Waals surface area contributed by atoms with Crippen molar-refractivity contribution < 1.29 is 76.9 Å². The van der Waals surface area contributed by atoms with E-state index in [1.807, 2.05) is 0 Å². The molecule has 42 heteroatoms. The third-order valence-electron chi connectivity index (χ3n) is 7.01. The van der Waals surface area contributed by atoms with E-state index < -0.39 is 69.6 Å². The Kier molecular flexibility index (Phi) is 41.7. The van der Waals surface area contributed by atoms with Crippen LogP contribution in [0.25, 0.3) is 20.2 Å².